The van der Waals surface area contributed by atoms with Gasteiger partial charge in [0.2, 0.25) is 0 Å². The molecule has 1 fully saturated rings. The Hall–Kier alpha value is -0.810. The summed E-state index contributed by atoms with van der Waals surface area (Å²) >= 11 is 11.9. The number of aliphatic carboxylic acids is 1. The number of nitrogens with zero attached hydrogens (tertiary/aromatic N) is 2. The lowest BCUT2D eigenvalue weighted by molar-refractivity contribution is -0.144. The average Bonchev–Trinajstić information content (AvgIpc) is 2.44. The normalized spacial score (nSPS) is 18.6. The fourth-order valence-corrected chi connectivity index (χ4v) is 3.22. The third kappa shape index (κ3) is 4.35. The van der Waals surface area contributed by atoms with Crippen molar-refractivity contribution >= 4 is 29.2 Å². The minimum Gasteiger partial charge on any atom is -0.480 e. The molecule has 0 bridgehead atoms. The molecule has 4 nitrogen and oxygen atoms in total. The number of benzene rings is 1. The van der Waals surface area contributed by atoms with Crippen molar-refractivity contribution < 1.29 is 9.90 Å². The average molecular weight is 345 g/mol. The van der Waals surface area contributed by atoms with Crippen LogP contribution in [0.2, 0.25) is 10.0 Å². The van der Waals surface area contributed by atoms with Gasteiger partial charge in [0.05, 0.1) is 10.0 Å². The second kappa shape index (κ2) is 7.64. The van der Waals surface area contributed by atoms with E-state index in [1.54, 1.807) is 18.2 Å². The van der Waals surface area contributed by atoms with Crippen molar-refractivity contribution in [3.8, 4) is 0 Å². The summed E-state index contributed by atoms with van der Waals surface area (Å²) in [6.45, 7) is 8.71. The summed E-state index contributed by atoms with van der Waals surface area (Å²) in [7, 11) is 0. The Morgan fingerprint density at radius 1 is 1.18 bits per heavy atom. The SMILES string of the molecule is CC(C)CN1CCN(C(C(=O)O)c2ccc(Cl)c(Cl)c2)CC1. The van der Waals surface area contributed by atoms with E-state index in [0.29, 0.717) is 21.5 Å². The van der Waals surface area contributed by atoms with Gasteiger partial charge in [-0.1, -0.05) is 43.1 Å². The summed E-state index contributed by atoms with van der Waals surface area (Å²) in [5, 5.41) is 10.5. The summed E-state index contributed by atoms with van der Waals surface area (Å²) in [4.78, 5) is 16.1. The molecule has 0 saturated carbocycles. The Morgan fingerprint density at radius 2 is 1.82 bits per heavy atom. The van der Waals surface area contributed by atoms with Crippen LogP contribution in [0, 0.1) is 5.92 Å². The quantitative estimate of drug-likeness (QED) is 0.888. The third-order valence-corrected chi connectivity index (χ3v) is 4.63. The van der Waals surface area contributed by atoms with Crippen LogP contribution in [0.15, 0.2) is 18.2 Å². The van der Waals surface area contributed by atoms with Crippen molar-refractivity contribution in [1.82, 2.24) is 9.80 Å². The highest BCUT2D eigenvalue weighted by molar-refractivity contribution is 6.42. The van der Waals surface area contributed by atoms with E-state index in [-0.39, 0.29) is 0 Å². The van der Waals surface area contributed by atoms with Crippen molar-refractivity contribution in [3.05, 3.63) is 33.8 Å². The van der Waals surface area contributed by atoms with E-state index >= 15 is 0 Å². The van der Waals surface area contributed by atoms with E-state index in [4.69, 9.17) is 23.2 Å². The first kappa shape index (κ1) is 17.5. The molecule has 1 N–H and O–H groups in total. The van der Waals surface area contributed by atoms with Gasteiger partial charge in [0.25, 0.3) is 0 Å². The highest BCUT2D eigenvalue weighted by Crippen LogP contribution is 2.29. The molecule has 1 saturated heterocycles. The molecule has 1 aromatic carbocycles. The Kier molecular flexibility index (Phi) is 6.09. The lowest BCUT2D eigenvalue weighted by Gasteiger charge is -2.38. The topological polar surface area (TPSA) is 43.8 Å². The molecule has 0 amide bonds. The highest BCUT2D eigenvalue weighted by Gasteiger charge is 2.30. The Labute approximate surface area is 141 Å². The first-order valence-electron chi connectivity index (χ1n) is 7.52. The molecule has 1 aliphatic heterocycles. The molecule has 0 spiro atoms. The second-order valence-corrected chi connectivity index (χ2v) is 6.96. The van der Waals surface area contributed by atoms with E-state index in [2.05, 4.69) is 18.7 Å². The highest BCUT2D eigenvalue weighted by atomic mass is 35.5. The molecular weight excluding hydrogens is 323 g/mol. The van der Waals surface area contributed by atoms with Crippen LogP contribution in [0.5, 0.6) is 0 Å². The van der Waals surface area contributed by atoms with Gasteiger partial charge in [0.15, 0.2) is 0 Å². The smallest absolute Gasteiger partial charge is 0.325 e. The van der Waals surface area contributed by atoms with Crippen LogP contribution in [0.3, 0.4) is 0 Å². The van der Waals surface area contributed by atoms with Crippen molar-refractivity contribution in [1.29, 1.82) is 0 Å². The first-order valence-corrected chi connectivity index (χ1v) is 8.28. The van der Waals surface area contributed by atoms with Crippen LogP contribution in [0.25, 0.3) is 0 Å². The maximum Gasteiger partial charge on any atom is 0.325 e. The predicted molar refractivity (Wildman–Crippen MR) is 89.7 cm³/mol. The Balaban J connectivity index is 2.10. The van der Waals surface area contributed by atoms with Gasteiger partial charge in [0, 0.05) is 32.7 Å². The number of halogens is 2. The number of hydrogen-bond acceptors (Lipinski definition) is 3. The fourth-order valence-electron chi connectivity index (χ4n) is 2.91. The van der Waals surface area contributed by atoms with E-state index in [1.807, 2.05) is 4.90 Å². The molecule has 22 heavy (non-hydrogen) atoms. The molecule has 0 aliphatic carbocycles. The van der Waals surface area contributed by atoms with Crippen LogP contribution in [-0.4, -0.2) is 53.6 Å². The summed E-state index contributed by atoms with van der Waals surface area (Å²) in [6, 6.07) is 4.39. The van der Waals surface area contributed by atoms with Gasteiger partial charge >= 0.3 is 5.97 Å². The fraction of sp³-hybridized carbons (Fsp3) is 0.562. The zero-order valence-corrected chi connectivity index (χ0v) is 14.4. The van der Waals surface area contributed by atoms with Gasteiger partial charge in [-0.25, -0.2) is 0 Å². The zero-order chi connectivity index (χ0) is 16.3. The minimum atomic E-state index is -0.851. The van der Waals surface area contributed by atoms with E-state index in [9.17, 15) is 9.90 Å². The van der Waals surface area contributed by atoms with Crippen molar-refractivity contribution in [2.75, 3.05) is 32.7 Å². The number of piperazine rings is 1. The molecule has 122 valence electrons. The molecular formula is C16H22Cl2N2O2. The van der Waals surface area contributed by atoms with Gasteiger partial charge in [-0.3, -0.25) is 9.69 Å². The Bertz CT molecular complexity index is 529. The summed E-state index contributed by atoms with van der Waals surface area (Å²) in [6.07, 6.45) is 0. The number of carbonyl (C=O) groups is 1. The lowest BCUT2D eigenvalue weighted by atomic mass is 10.0. The number of carboxylic acids is 1. The van der Waals surface area contributed by atoms with Crippen molar-refractivity contribution in [2.24, 2.45) is 5.92 Å². The molecule has 0 aromatic heterocycles. The Morgan fingerprint density at radius 3 is 2.32 bits per heavy atom. The number of carboxylic acid groups (broad SMARTS) is 1. The van der Waals surface area contributed by atoms with Gasteiger partial charge in [-0.2, -0.15) is 0 Å². The van der Waals surface area contributed by atoms with Gasteiger partial charge in [0.1, 0.15) is 6.04 Å². The monoisotopic (exact) mass is 344 g/mol. The number of hydrogen-bond donors (Lipinski definition) is 1. The van der Waals surface area contributed by atoms with Gasteiger partial charge in [-0.15, -0.1) is 0 Å². The van der Waals surface area contributed by atoms with Crippen LogP contribution in [0.4, 0.5) is 0 Å². The van der Waals surface area contributed by atoms with E-state index in [1.165, 1.54) is 0 Å². The van der Waals surface area contributed by atoms with Gasteiger partial charge < -0.3 is 10.0 Å². The molecule has 2 rings (SSSR count). The zero-order valence-electron chi connectivity index (χ0n) is 12.9. The summed E-state index contributed by atoms with van der Waals surface area (Å²) in [5.41, 5.74) is 0.680. The van der Waals surface area contributed by atoms with Crippen molar-refractivity contribution in [2.45, 2.75) is 19.9 Å². The van der Waals surface area contributed by atoms with Crippen LogP contribution in [-0.2, 0) is 4.79 Å². The summed E-state index contributed by atoms with van der Waals surface area (Å²) < 4.78 is 0. The summed E-state index contributed by atoms with van der Waals surface area (Å²) in [5.74, 6) is -0.229. The molecule has 1 aromatic rings. The minimum absolute atomic E-state index is 0.392. The van der Waals surface area contributed by atoms with Crippen molar-refractivity contribution in [3.63, 3.8) is 0 Å². The molecule has 0 radical (unpaired) electrons. The predicted octanol–water partition coefficient (Wildman–Crippen LogP) is 3.39. The van der Waals surface area contributed by atoms with Crippen LogP contribution >= 0.6 is 23.2 Å². The number of rotatable bonds is 5. The third-order valence-electron chi connectivity index (χ3n) is 3.89. The second-order valence-electron chi connectivity index (χ2n) is 6.14. The van der Waals surface area contributed by atoms with Crippen LogP contribution < -0.4 is 0 Å². The maximum atomic E-state index is 11.7. The molecule has 1 atom stereocenters. The molecule has 6 heteroatoms. The van der Waals surface area contributed by atoms with E-state index in [0.717, 1.165) is 32.7 Å². The largest absolute Gasteiger partial charge is 0.480 e. The molecule has 1 unspecified atom stereocenters. The standard InChI is InChI=1S/C16H22Cl2N2O2/c1-11(2)10-19-5-7-20(8-6-19)15(16(21)22)12-3-4-13(17)14(18)9-12/h3-4,9,11,15H,5-8,10H2,1-2H3,(H,21,22). The maximum absolute atomic E-state index is 11.7. The van der Waals surface area contributed by atoms with E-state index < -0.39 is 12.0 Å². The van der Waals surface area contributed by atoms with Gasteiger partial charge in [-0.05, 0) is 23.6 Å². The van der Waals surface area contributed by atoms with Crippen LogP contribution in [0.1, 0.15) is 25.5 Å². The lowest BCUT2D eigenvalue weighted by Crippen LogP contribution is -2.49. The first-order chi connectivity index (χ1) is 10.4. The molecule has 1 heterocycles. The molecule has 1 aliphatic rings.